The van der Waals surface area contributed by atoms with Crippen LogP contribution >= 0.6 is 47.2 Å². The average Bonchev–Trinajstić information content (AvgIpc) is 2.19. The zero-order valence-electron chi connectivity index (χ0n) is 7.71. The van der Waals surface area contributed by atoms with E-state index in [1.165, 1.54) is 0 Å². The minimum Gasteiger partial charge on any atom is -0.369 e. The Morgan fingerprint density at radius 2 is 2.00 bits per heavy atom. The van der Waals surface area contributed by atoms with Gasteiger partial charge in [-0.2, -0.15) is 0 Å². The fourth-order valence-corrected chi connectivity index (χ4v) is 1.18. The molecule has 0 heterocycles. The van der Waals surface area contributed by atoms with Crippen molar-refractivity contribution >= 4 is 53.1 Å². The number of hydrogen-bond donors (Lipinski definition) is 3. The lowest BCUT2D eigenvalue weighted by Gasteiger charge is -2.01. The highest BCUT2D eigenvalue weighted by Crippen LogP contribution is 2.22. The number of hydrazine groups is 1. The molecule has 0 aliphatic rings. The number of aliphatic imine (C=N–C) groups is 1. The van der Waals surface area contributed by atoms with Crippen LogP contribution in [0.2, 0.25) is 10.0 Å². The van der Waals surface area contributed by atoms with Crippen molar-refractivity contribution in [1.29, 1.82) is 0 Å². The Morgan fingerprint density at radius 1 is 1.33 bits per heavy atom. The molecule has 7 heteroatoms. The predicted molar refractivity (Wildman–Crippen MR) is 74.5 cm³/mol. The van der Waals surface area contributed by atoms with E-state index in [0.717, 1.165) is 5.56 Å². The maximum atomic E-state index is 5.81. The van der Waals surface area contributed by atoms with Gasteiger partial charge in [-0.15, -0.1) is 24.0 Å². The van der Waals surface area contributed by atoms with E-state index in [1.807, 2.05) is 6.07 Å². The van der Waals surface area contributed by atoms with E-state index in [2.05, 4.69) is 10.4 Å². The van der Waals surface area contributed by atoms with E-state index in [9.17, 15) is 0 Å². The number of rotatable bonds is 2. The van der Waals surface area contributed by atoms with Crippen molar-refractivity contribution in [2.75, 3.05) is 0 Å². The zero-order chi connectivity index (χ0) is 10.6. The summed E-state index contributed by atoms with van der Waals surface area (Å²) < 4.78 is 0. The van der Waals surface area contributed by atoms with Crippen LogP contribution in [0.15, 0.2) is 23.2 Å². The first-order valence-electron chi connectivity index (χ1n) is 3.84. The fourth-order valence-electron chi connectivity index (χ4n) is 0.860. The second-order valence-corrected chi connectivity index (χ2v) is 3.41. The molecule has 0 radical (unpaired) electrons. The molecule has 1 rings (SSSR count). The molecule has 0 aliphatic carbocycles. The van der Waals surface area contributed by atoms with Crippen LogP contribution in [-0.4, -0.2) is 5.96 Å². The third-order valence-electron chi connectivity index (χ3n) is 1.56. The van der Waals surface area contributed by atoms with Crippen LogP contribution < -0.4 is 17.0 Å². The van der Waals surface area contributed by atoms with Gasteiger partial charge in [0.15, 0.2) is 0 Å². The summed E-state index contributed by atoms with van der Waals surface area (Å²) in [5, 5.41) is 1.02. The predicted octanol–water partition coefficient (Wildman–Crippen LogP) is 1.89. The fraction of sp³-hybridized carbons (Fsp3) is 0.125. The summed E-state index contributed by atoms with van der Waals surface area (Å²) in [4.78, 5) is 3.94. The first kappa shape index (κ1) is 14.8. The summed E-state index contributed by atoms with van der Waals surface area (Å²) in [7, 11) is 0. The standard InChI is InChI=1S/C8H10Cl2N4.HI/c9-6-2-1-5(3-7(6)10)4-13-8(11)14-12;/h1-3H,4,12H2,(H3,11,13,14);1H. The lowest BCUT2D eigenvalue weighted by atomic mass is 10.2. The SMILES string of the molecule is I.NNC(N)=NCc1ccc(Cl)c(Cl)c1. The largest absolute Gasteiger partial charge is 0.369 e. The summed E-state index contributed by atoms with van der Waals surface area (Å²) in [6.45, 7) is 0.410. The lowest BCUT2D eigenvalue weighted by molar-refractivity contribution is 0.958. The number of guanidine groups is 1. The van der Waals surface area contributed by atoms with E-state index in [0.29, 0.717) is 16.6 Å². The molecule has 1 aromatic rings. The Labute approximate surface area is 115 Å². The van der Waals surface area contributed by atoms with Gasteiger partial charge in [0.25, 0.3) is 0 Å². The second kappa shape index (κ2) is 7.10. The van der Waals surface area contributed by atoms with Crippen LogP contribution in [0.4, 0.5) is 0 Å². The number of nitrogens with zero attached hydrogens (tertiary/aromatic N) is 1. The first-order valence-corrected chi connectivity index (χ1v) is 4.59. The third kappa shape index (κ3) is 4.87. The van der Waals surface area contributed by atoms with Gasteiger partial charge < -0.3 is 5.73 Å². The van der Waals surface area contributed by atoms with Crippen LogP contribution in [0.1, 0.15) is 5.56 Å². The molecule has 4 nitrogen and oxygen atoms in total. The zero-order valence-corrected chi connectivity index (χ0v) is 11.5. The van der Waals surface area contributed by atoms with Gasteiger partial charge in [0.05, 0.1) is 16.6 Å². The van der Waals surface area contributed by atoms with Gasteiger partial charge in [-0.25, -0.2) is 10.8 Å². The van der Waals surface area contributed by atoms with E-state index < -0.39 is 0 Å². The van der Waals surface area contributed by atoms with E-state index >= 15 is 0 Å². The van der Waals surface area contributed by atoms with Crippen molar-refractivity contribution in [2.24, 2.45) is 16.6 Å². The monoisotopic (exact) mass is 360 g/mol. The normalized spacial score (nSPS) is 10.7. The average molecular weight is 361 g/mol. The Balaban J connectivity index is 0.00000196. The summed E-state index contributed by atoms with van der Waals surface area (Å²) in [6.07, 6.45) is 0. The maximum Gasteiger partial charge on any atom is 0.203 e. The molecule has 0 aliphatic heterocycles. The van der Waals surface area contributed by atoms with Crippen molar-refractivity contribution in [3.8, 4) is 0 Å². The molecule has 0 amide bonds. The minimum absolute atomic E-state index is 0. The van der Waals surface area contributed by atoms with Crippen molar-refractivity contribution in [3.63, 3.8) is 0 Å². The van der Waals surface area contributed by atoms with Gasteiger partial charge in [0.1, 0.15) is 0 Å². The summed E-state index contributed by atoms with van der Waals surface area (Å²) in [6, 6.07) is 5.26. The highest BCUT2D eigenvalue weighted by Gasteiger charge is 1.98. The topological polar surface area (TPSA) is 76.4 Å². The summed E-state index contributed by atoms with van der Waals surface area (Å²) >= 11 is 11.6. The number of hydrogen-bond acceptors (Lipinski definition) is 2. The van der Waals surface area contributed by atoms with E-state index in [1.54, 1.807) is 12.1 Å². The summed E-state index contributed by atoms with van der Waals surface area (Å²) in [5.74, 6) is 5.21. The molecule has 0 spiro atoms. The molecule has 15 heavy (non-hydrogen) atoms. The molecule has 0 aromatic heterocycles. The molecular weight excluding hydrogens is 350 g/mol. The van der Waals surface area contributed by atoms with Crippen LogP contribution in [0.5, 0.6) is 0 Å². The Kier molecular flexibility index (Phi) is 6.99. The van der Waals surface area contributed by atoms with Crippen LogP contribution in [0, 0.1) is 0 Å². The maximum absolute atomic E-state index is 5.81. The van der Waals surface area contributed by atoms with Gasteiger partial charge >= 0.3 is 0 Å². The van der Waals surface area contributed by atoms with Gasteiger partial charge in [-0.1, -0.05) is 29.3 Å². The number of halogens is 3. The first-order chi connectivity index (χ1) is 6.63. The van der Waals surface area contributed by atoms with Crippen LogP contribution in [0.3, 0.4) is 0 Å². The molecule has 0 saturated carbocycles. The highest BCUT2D eigenvalue weighted by molar-refractivity contribution is 14.0. The van der Waals surface area contributed by atoms with Crippen LogP contribution in [0.25, 0.3) is 0 Å². The molecule has 0 saturated heterocycles. The molecule has 5 N–H and O–H groups in total. The van der Waals surface area contributed by atoms with Gasteiger partial charge in [0.2, 0.25) is 5.96 Å². The van der Waals surface area contributed by atoms with E-state index in [-0.39, 0.29) is 29.9 Å². The highest BCUT2D eigenvalue weighted by atomic mass is 127. The Hall–Kier alpha value is -0.240. The molecule has 84 valence electrons. The Morgan fingerprint density at radius 3 is 2.53 bits per heavy atom. The molecule has 0 atom stereocenters. The molecule has 1 aromatic carbocycles. The molecule has 0 bridgehead atoms. The summed E-state index contributed by atoms with van der Waals surface area (Å²) in [5.41, 5.74) is 8.49. The van der Waals surface area contributed by atoms with Crippen molar-refractivity contribution < 1.29 is 0 Å². The minimum atomic E-state index is 0. The Bertz CT molecular complexity index is 356. The molecular formula is C8H11Cl2IN4. The molecule has 0 unspecified atom stereocenters. The molecule has 0 fully saturated rings. The van der Waals surface area contributed by atoms with Gasteiger partial charge in [0, 0.05) is 0 Å². The van der Waals surface area contributed by atoms with Crippen molar-refractivity contribution in [1.82, 2.24) is 5.43 Å². The van der Waals surface area contributed by atoms with E-state index in [4.69, 9.17) is 34.8 Å². The van der Waals surface area contributed by atoms with Crippen molar-refractivity contribution in [2.45, 2.75) is 6.54 Å². The number of nitrogens with two attached hydrogens (primary N) is 2. The third-order valence-corrected chi connectivity index (χ3v) is 2.30. The van der Waals surface area contributed by atoms with Gasteiger partial charge in [-0.05, 0) is 17.7 Å². The number of benzene rings is 1. The quantitative estimate of drug-likeness (QED) is 0.248. The van der Waals surface area contributed by atoms with Crippen LogP contribution in [-0.2, 0) is 6.54 Å². The number of nitrogens with one attached hydrogen (secondary N) is 1. The second-order valence-electron chi connectivity index (χ2n) is 2.59. The van der Waals surface area contributed by atoms with Gasteiger partial charge in [-0.3, -0.25) is 5.43 Å². The lowest BCUT2D eigenvalue weighted by Crippen LogP contribution is -2.37. The smallest absolute Gasteiger partial charge is 0.203 e. The van der Waals surface area contributed by atoms with Crippen molar-refractivity contribution in [3.05, 3.63) is 33.8 Å².